The molecule has 4 nitrogen and oxygen atoms in total. The van der Waals surface area contributed by atoms with Crippen molar-refractivity contribution in [3.8, 4) is 10.6 Å². The second-order valence-electron chi connectivity index (χ2n) is 4.97. The van der Waals surface area contributed by atoms with Crippen LogP contribution in [0.2, 0.25) is 5.02 Å². The number of pyridine rings is 1. The summed E-state index contributed by atoms with van der Waals surface area (Å²) in [4.78, 5) is 20.6. The largest absolute Gasteiger partial charge is 0.352 e. The summed E-state index contributed by atoms with van der Waals surface area (Å²) < 4.78 is 0. The number of hydrogen-bond donors (Lipinski definition) is 1. The van der Waals surface area contributed by atoms with Crippen molar-refractivity contribution in [2.45, 2.75) is 13.0 Å². The van der Waals surface area contributed by atoms with Gasteiger partial charge in [-0.1, -0.05) is 23.7 Å². The quantitative estimate of drug-likeness (QED) is 0.768. The van der Waals surface area contributed by atoms with Crippen molar-refractivity contribution in [1.82, 2.24) is 15.3 Å². The lowest BCUT2D eigenvalue weighted by Crippen LogP contribution is -2.24. The SMILES string of the molecule is O=C(Cc1csc(-c2cccnc2)n1)NCc1cccc(Cl)c1. The Kier molecular flexibility index (Phi) is 5.00. The molecule has 0 saturated heterocycles. The van der Waals surface area contributed by atoms with E-state index in [2.05, 4.69) is 15.3 Å². The summed E-state index contributed by atoms with van der Waals surface area (Å²) in [6, 6.07) is 11.3. The van der Waals surface area contributed by atoms with Gasteiger partial charge in [-0.15, -0.1) is 11.3 Å². The minimum Gasteiger partial charge on any atom is -0.352 e. The van der Waals surface area contributed by atoms with Crippen molar-refractivity contribution in [3.63, 3.8) is 0 Å². The number of benzene rings is 1. The van der Waals surface area contributed by atoms with E-state index in [1.807, 2.05) is 41.8 Å². The number of nitrogens with one attached hydrogen (secondary N) is 1. The van der Waals surface area contributed by atoms with Crippen LogP contribution in [0.25, 0.3) is 10.6 Å². The summed E-state index contributed by atoms with van der Waals surface area (Å²) in [5.74, 6) is -0.0620. The zero-order valence-electron chi connectivity index (χ0n) is 12.2. The van der Waals surface area contributed by atoms with Gasteiger partial charge in [0.25, 0.3) is 0 Å². The number of carbonyl (C=O) groups is 1. The highest BCUT2D eigenvalue weighted by atomic mass is 35.5. The Balaban J connectivity index is 1.57. The van der Waals surface area contributed by atoms with E-state index < -0.39 is 0 Å². The highest BCUT2D eigenvalue weighted by molar-refractivity contribution is 7.13. The summed E-state index contributed by atoms with van der Waals surface area (Å²) >= 11 is 7.44. The zero-order valence-corrected chi connectivity index (χ0v) is 13.8. The molecule has 1 amide bonds. The maximum atomic E-state index is 12.0. The third kappa shape index (κ3) is 4.37. The summed E-state index contributed by atoms with van der Waals surface area (Å²) in [5, 5.41) is 6.32. The average Bonchev–Trinajstić information content (AvgIpc) is 3.02. The molecule has 0 aliphatic carbocycles. The Morgan fingerprint density at radius 1 is 1.26 bits per heavy atom. The Labute approximate surface area is 143 Å². The molecule has 1 N–H and O–H groups in total. The van der Waals surface area contributed by atoms with Crippen molar-refractivity contribution in [1.29, 1.82) is 0 Å². The van der Waals surface area contributed by atoms with Crippen LogP contribution in [0, 0.1) is 0 Å². The van der Waals surface area contributed by atoms with Gasteiger partial charge in [-0.25, -0.2) is 4.98 Å². The van der Waals surface area contributed by atoms with Crippen LogP contribution in [0.4, 0.5) is 0 Å². The van der Waals surface area contributed by atoms with E-state index in [4.69, 9.17) is 11.6 Å². The maximum absolute atomic E-state index is 12.0. The number of rotatable bonds is 5. The van der Waals surface area contributed by atoms with Crippen LogP contribution in [-0.4, -0.2) is 15.9 Å². The van der Waals surface area contributed by atoms with Crippen LogP contribution >= 0.6 is 22.9 Å². The van der Waals surface area contributed by atoms with Crippen molar-refractivity contribution in [3.05, 3.63) is 70.5 Å². The molecule has 2 heterocycles. The van der Waals surface area contributed by atoms with Crippen molar-refractivity contribution in [2.24, 2.45) is 0 Å². The Morgan fingerprint density at radius 3 is 2.96 bits per heavy atom. The Hall–Kier alpha value is -2.24. The first kappa shape index (κ1) is 15.6. The lowest BCUT2D eigenvalue weighted by atomic mass is 10.2. The van der Waals surface area contributed by atoms with Gasteiger partial charge in [0.1, 0.15) is 5.01 Å². The first-order valence-corrected chi connectivity index (χ1v) is 8.32. The molecule has 0 radical (unpaired) electrons. The van der Waals surface area contributed by atoms with Crippen LogP contribution in [-0.2, 0) is 17.8 Å². The molecule has 0 atom stereocenters. The second-order valence-corrected chi connectivity index (χ2v) is 6.26. The summed E-state index contributed by atoms with van der Waals surface area (Å²) in [6.45, 7) is 0.457. The molecule has 2 aromatic heterocycles. The summed E-state index contributed by atoms with van der Waals surface area (Å²) in [7, 11) is 0. The zero-order chi connectivity index (χ0) is 16.1. The first-order chi connectivity index (χ1) is 11.2. The van der Waals surface area contributed by atoms with Gasteiger partial charge in [-0.05, 0) is 29.8 Å². The number of aromatic nitrogens is 2. The van der Waals surface area contributed by atoms with Crippen LogP contribution in [0.5, 0.6) is 0 Å². The molecule has 0 bridgehead atoms. The topological polar surface area (TPSA) is 54.9 Å². The first-order valence-electron chi connectivity index (χ1n) is 7.06. The standard InChI is InChI=1S/C17H14ClN3OS/c18-14-5-1-3-12(7-14)9-20-16(22)8-15-11-23-17(21-15)13-4-2-6-19-10-13/h1-7,10-11H,8-9H2,(H,20,22). The Bertz CT molecular complexity index is 804. The van der Waals surface area contributed by atoms with Gasteiger partial charge in [0.15, 0.2) is 0 Å². The normalized spacial score (nSPS) is 10.5. The molecule has 0 unspecified atom stereocenters. The van der Waals surface area contributed by atoms with Gasteiger partial charge < -0.3 is 5.32 Å². The fourth-order valence-electron chi connectivity index (χ4n) is 2.08. The number of hydrogen-bond acceptors (Lipinski definition) is 4. The average molecular weight is 344 g/mol. The van der Waals surface area contributed by atoms with E-state index in [9.17, 15) is 4.79 Å². The molecule has 1 aromatic carbocycles. The number of thiazole rings is 1. The predicted octanol–water partition coefficient (Wildman–Crippen LogP) is 3.72. The molecule has 6 heteroatoms. The molecule has 3 aromatic rings. The molecular weight excluding hydrogens is 330 g/mol. The van der Waals surface area contributed by atoms with Gasteiger partial charge in [-0.2, -0.15) is 0 Å². The fourth-order valence-corrected chi connectivity index (χ4v) is 3.11. The summed E-state index contributed by atoms with van der Waals surface area (Å²) in [5.41, 5.74) is 2.70. The maximum Gasteiger partial charge on any atom is 0.226 e. The van der Waals surface area contributed by atoms with Crippen LogP contribution in [0.1, 0.15) is 11.3 Å². The fraction of sp³-hybridized carbons (Fsp3) is 0.118. The third-order valence-corrected chi connectivity index (χ3v) is 4.36. The highest BCUT2D eigenvalue weighted by Crippen LogP contribution is 2.22. The minimum absolute atomic E-state index is 0.0620. The van der Waals surface area contributed by atoms with E-state index in [1.54, 1.807) is 12.4 Å². The molecule has 0 aliphatic heterocycles. The molecular formula is C17H14ClN3OS. The molecule has 0 spiro atoms. The van der Waals surface area contributed by atoms with Gasteiger partial charge in [0.05, 0.1) is 12.1 Å². The van der Waals surface area contributed by atoms with E-state index in [1.165, 1.54) is 11.3 Å². The molecule has 23 heavy (non-hydrogen) atoms. The monoisotopic (exact) mass is 343 g/mol. The number of nitrogens with zero attached hydrogens (tertiary/aromatic N) is 2. The van der Waals surface area contributed by atoms with Crippen molar-refractivity contribution in [2.75, 3.05) is 0 Å². The molecule has 3 rings (SSSR count). The Morgan fingerprint density at radius 2 is 2.17 bits per heavy atom. The molecule has 0 saturated carbocycles. The van der Waals surface area contributed by atoms with Crippen molar-refractivity contribution >= 4 is 28.8 Å². The molecule has 0 fully saturated rings. The van der Waals surface area contributed by atoms with E-state index in [0.717, 1.165) is 21.8 Å². The lowest BCUT2D eigenvalue weighted by molar-refractivity contribution is -0.120. The van der Waals surface area contributed by atoms with Crippen LogP contribution in [0.3, 0.4) is 0 Å². The third-order valence-electron chi connectivity index (χ3n) is 3.18. The minimum atomic E-state index is -0.0620. The van der Waals surface area contributed by atoms with E-state index in [-0.39, 0.29) is 12.3 Å². The number of amides is 1. The predicted molar refractivity (Wildman–Crippen MR) is 92.3 cm³/mol. The van der Waals surface area contributed by atoms with Gasteiger partial charge in [0.2, 0.25) is 5.91 Å². The van der Waals surface area contributed by atoms with Gasteiger partial charge in [0, 0.05) is 34.9 Å². The highest BCUT2D eigenvalue weighted by Gasteiger charge is 2.09. The molecule has 0 aliphatic rings. The second kappa shape index (κ2) is 7.35. The van der Waals surface area contributed by atoms with E-state index >= 15 is 0 Å². The van der Waals surface area contributed by atoms with Gasteiger partial charge >= 0.3 is 0 Å². The number of halogens is 1. The smallest absolute Gasteiger partial charge is 0.226 e. The van der Waals surface area contributed by atoms with Crippen molar-refractivity contribution < 1.29 is 4.79 Å². The number of carbonyl (C=O) groups excluding carboxylic acids is 1. The molecule has 116 valence electrons. The van der Waals surface area contributed by atoms with Crippen LogP contribution < -0.4 is 5.32 Å². The lowest BCUT2D eigenvalue weighted by Gasteiger charge is -2.04. The van der Waals surface area contributed by atoms with E-state index in [0.29, 0.717) is 11.6 Å². The summed E-state index contributed by atoms with van der Waals surface area (Å²) in [6.07, 6.45) is 3.75. The van der Waals surface area contributed by atoms with Crippen LogP contribution in [0.15, 0.2) is 54.2 Å². The van der Waals surface area contributed by atoms with Gasteiger partial charge in [-0.3, -0.25) is 9.78 Å².